The van der Waals surface area contributed by atoms with E-state index in [1.54, 1.807) is 11.3 Å². The van der Waals surface area contributed by atoms with E-state index in [1.165, 1.54) is 0 Å². The van der Waals surface area contributed by atoms with E-state index in [1.807, 2.05) is 6.92 Å². The average molecular weight is 316 g/mol. The van der Waals surface area contributed by atoms with E-state index >= 15 is 0 Å². The Morgan fingerprint density at radius 3 is 2.90 bits per heavy atom. The van der Waals surface area contributed by atoms with Crippen molar-refractivity contribution in [2.75, 3.05) is 24.6 Å². The van der Waals surface area contributed by atoms with Gasteiger partial charge in [0, 0.05) is 17.5 Å². The Morgan fingerprint density at radius 2 is 2.35 bits per heavy atom. The first-order valence-corrected chi connectivity index (χ1v) is 10.0. The first kappa shape index (κ1) is 15.9. The summed E-state index contributed by atoms with van der Waals surface area (Å²) in [5.41, 5.74) is 1.06. The second kappa shape index (κ2) is 7.00. The van der Waals surface area contributed by atoms with Crippen molar-refractivity contribution < 1.29 is 8.42 Å². The molecule has 1 saturated heterocycles. The van der Waals surface area contributed by atoms with Gasteiger partial charge in [-0.15, -0.1) is 11.3 Å². The van der Waals surface area contributed by atoms with Gasteiger partial charge in [0.25, 0.3) is 0 Å². The van der Waals surface area contributed by atoms with E-state index in [0.29, 0.717) is 17.4 Å². The molecule has 2 rings (SSSR count). The van der Waals surface area contributed by atoms with Gasteiger partial charge in [0.1, 0.15) is 0 Å². The van der Waals surface area contributed by atoms with Crippen molar-refractivity contribution in [2.24, 2.45) is 11.8 Å². The topological polar surface area (TPSA) is 59.1 Å². The van der Waals surface area contributed by atoms with Gasteiger partial charge in [-0.1, -0.05) is 6.92 Å². The molecule has 6 heteroatoms. The lowest BCUT2D eigenvalue weighted by Gasteiger charge is -2.22. The molecule has 1 aliphatic heterocycles. The molecule has 1 aromatic rings. The molecule has 1 N–H and O–H groups in total. The zero-order chi connectivity index (χ0) is 14.6. The summed E-state index contributed by atoms with van der Waals surface area (Å²) in [5, 5.41) is 6.65. The van der Waals surface area contributed by atoms with E-state index < -0.39 is 9.84 Å². The first-order chi connectivity index (χ1) is 9.50. The van der Waals surface area contributed by atoms with Crippen molar-refractivity contribution in [1.29, 1.82) is 0 Å². The average Bonchev–Trinajstić information content (AvgIpc) is 2.94. The molecule has 2 unspecified atom stereocenters. The van der Waals surface area contributed by atoms with E-state index in [-0.39, 0.29) is 5.92 Å². The molecule has 0 amide bonds. The number of nitrogens with one attached hydrogen (secondary N) is 1. The number of hydrogen-bond acceptors (Lipinski definition) is 5. The van der Waals surface area contributed by atoms with Crippen LogP contribution in [0.25, 0.3) is 0 Å². The van der Waals surface area contributed by atoms with Crippen molar-refractivity contribution in [1.82, 2.24) is 10.3 Å². The lowest BCUT2D eigenvalue weighted by Crippen LogP contribution is -2.31. The highest BCUT2D eigenvalue weighted by Crippen LogP contribution is 2.29. The van der Waals surface area contributed by atoms with Crippen LogP contribution in [-0.4, -0.2) is 38.0 Å². The molecular weight excluding hydrogens is 292 g/mol. The largest absolute Gasteiger partial charge is 0.316 e. The van der Waals surface area contributed by atoms with Crippen LogP contribution >= 0.6 is 11.3 Å². The Kier molecular flexibility index (Phi) is 5.57. The van der Waals surface area contributed by atoms with Crippen LogP contribution in [0.3, 0.4) is 0 Å². The number of thiazole rings is 1. The highest BCUT2D eigenvalue weighted by atomic mass is 32.2. The lowest BCUT2D eigenvalue weighted by molar-refractivity contribution is 0.343. The smallest absolute Gasteiger partial charge is 0.150 e. The summed E-state index contributed by atoms with van der Waals surface area (Å²) in [7, 11) is -2.80. The van der Waals surface area contributed by atoms with Gasteiger partial charge in [-0.2, -0.15) is 0 Å². The highest BCUT2D eigenvalue weighted by Gasteiger charge is 2.33. The van der Waals surface area contributed by atoms with Crippen LogP contribution in [0.4, 0.5) is 0 Å². The first-order valence-electron chi connectivity index (χ1n) is 7.32. The second-order valence-corrected chi connectivity index (χ2v) is 8.89. The van der Waals surface area contributed by atoms with Crippen LogP contribution in [0.5, 0.6) is 0 Å². The molecule has 0 radical (unpaired) electrons. The molecule has 1 aliphatic rings. The van der Waals surface area contributed by atoms with E-state index in [0.717, 1.165) is 43.1 Å². The van der Waals surface area contributed by atoms with Gasteiger partial charge < -0.3 is 5.32 Å². The molecule has 0 spiro atoms. The van der Waals surface area contributed by atoms with Gasteiger partial charge in [0.2, 0.25) is 0 Å². The minimum atomic E-state index is -2.80. The van der Waals surface area contributed by atoms with Crippen LogP contribution in [0.1, 0.15) is 30.5 Å². The predicted molar refractivity (Wildman–Crippen MR) is 84.0 cm³/mol. The maximum absolute atomic E-state index is 11.7. The summed E-state index contributed by atoms with van der Waals surface area (Å²) < 4.78 is 23.4. The van der Waals surface area contributed by atoms with Gasteiger partial charge in [-0.25, -0.2) is 13.4 Å². The predicted octanol–water partition coefficient (Wildman–Crippen LogP) is 2.04. The number of aryl methyl sites for hydroxylation is 1. The molecule has 1 fully saturated rings. The number of sulfone groups is 1. The molecule has 0 aromatic carbocycles. The molecule has 1 aromatic heterocycles. The van der Waals surface area contributed by atoms with Gasteiger partial charge in [0.15, 0.2) is 9.84 Å². The van der Waals surface area contributed by atoms with E-state index in [4.69, 9.17) is 0 Å². The summed E-state index contributed by atoms with van der Waals surface area (Å²) in [5.74, 6) is 1.38. The summed E-state index contributed by atoms with van der Waals surface area (Å²) in [4.78, 5) is 4.53. The van der Waals surface area contributed by atoms with Crippen LogP contribution in [0.15, 0.2) is 5.38 Å². The zero-order valence-electron chi connectivity index (χ0n) is 12.3. The Bertz CT molecular complexity index is 525. The van der Waals surface area contributed by atoms with Crippen molar-refractivity contribution in [2.45, 2.75) is 33.1 Å². The molecular formula is C14H24N2O2S2. The maximum Gasteiger partial charge on any atom is 0.150 e. The number of rotatable bonds is 7. The maximum atomic E-state index is 11.7. The van der Waals surface area contributed by atoms with Crippen LogP contribution in [-0.2, 0) is 16.3 Å². The van der Waals surface area contributed by atoms with Crippen molar-refractivity contribution in [3.05, 3.63) is 16.1 Å². The molecule has 0 bridgehead atoms. The van der Waals surface area contributed by atoms with Gasteiger partial charge in [-0.3, -0.25) is 0 Å². The molecule has 2 heterocycles. The highest BCUT2D eigenvalue weighted by molar-refractivity contribution is 7.91. The Balaban J connectivity index is 2.00. The third kappa shape index (κ3) is 4.53. The fourth-order valence-electron chi connectivity index (χ4n) is 2.79. The number of aromatic nitrogens is 1. The quantitative estimate of drug-likeness (QED) is 0.782. The Morgan fingerprint density at radius 1 is 1.55 bits per heavy atom. The van der Waals surface area contributed by atoms with Crippen LogP contribution < -0.4 is 5.32 Å². The molecule has 114 valence electrons. The van der Waals surface area contributed by atoms with Crippen LogP contribution in [0.2, 0.25) is 0 Å². The third-order valence-electron chi connectivity index (χ3n) is 3.87. The van der Waals surface area contributed by atoms with Gasteiger partial charge >= 0.3 is 0 Å². The third-order valence-corrected chi connectivity index (χ3v) is 6.65. The van der Waals surface area contributed by atoms with E-state index in [2.05, 4.69) is 22.6 Å². The number of nitrogens with zero attached hydrogens (tertiary/aromatic N) is 1. The Labute approximate surface area is 125 Å². The van der Waals surface area contributed by atoms with Gasteiger partial charge in [0.05, 0.1) is 16.5 Å². The Hall–Kier alpha value is -0.460. The standard InChI is InChI=1S/C14H24N2O2S2/c1-3-5-15-8-13(7-14-16-11(2)9-19-14)12-4-6-20(17,18)10-12/h9,12-13,15H,3-8,10H2,1-2H3. The normalized spacial score (nSPS) is 23.0. The SMILES string of the molecule is CCCNCC(Cc1nc(C)cs1)C1CCS(=O)(=O)C1. The van der Waals surface area contributed by atoms with Crippen LogP contribution in [0, 0.1) is 18.8 Å². The second-order valence-electron chi connectivity index (χ2n) is 5.71. The minimum Gasteiger partial charge on any atom is -0.316 e. The van der Waals surface area contributed by atoms with Crippen molar-refractivity contribution >= 4 is 21.2 Å². The van der Waals surface area contributed by atoms with Crippen molar-refractivity contribution in [3.63, 3.8) is 0 Å². The summed E-state index contributed by atoms with van der Waals surface area (Å²) in [6, 6.07) is 0. The monoisotopic (exact) mass is 316 g/mol. The summed E-state index contributed by atoms with van der Waals surface area (Å²) in [6.45, 7) is 6.04. The van der Waals surface area contributed by atoms with E-state index in [9.17, 15) is 8.42 Å². The molecule has 0 saturated carbocycles. The number of hydrogen-bond donors (Lipinski definition) is 1. The molecule has 0 aliphatic carbocycles. The summed E-state index contributed by atoms with van der Waals surface area (Å²) in [6.07, 6.45) is 2.81. The summed E-state index contributed by atoms with van der Waals surface area (Å²) >= 11 is 1.69. The minimum absolute atomic E-state index is 0.286. The van der Waals surface area contributed by atoms with Crippen molar-refractivity contribution in [3.8, 4) is 0 Å². The van der Waals surface area contributed by atoms with Gasteiger partial charge in [-0.05, 0) is 44.7 Å². The fraction of sp³-hybridized carbons (Fsp3) is 0.786. The lowest BCUT2D eigenvalue weighted by atomic mass is 9.89. The molecule has 20 heavy (non-hydrogen) atoms. The zero-order valence-corrected chi connectivity index (χ0v) is 13.9. The molecule has 4 nitrogen and oxygen atoms in total. The fourth-order valence-corrected chi connectivity index (χ4v) is 5.57. The molecule has 2 atom stereocenters.